The van der Waals surface area contributed by atoms with Gasteiger partial charge in [-0.15, -0.1) is 0 Å². The van der Waals surface area contributed by atoms with Gasteiger partial charge in [0.15, 0.2) is 0 Å². The van der Waals surface area contributed by atoms with Crippen LogP contribution in [-0.4, -0.2) is 31.1 Å². The number of halogens is 1. The molecule has 8 heteroatoms. The van der Waals surface area contributed by atoms with E-state index in [1.165, 1.54) is 0 Å². The molecular weight excluding hydrogens is 563 g/mol. The number of ether oxygens (including phenoxy) is 4. The van der Waals surface area contributed by atoms with E-state index >= 15 is 0 Å². The van der Waals surface area contributed by atoms with Gasteiger partial charge in [0.1, 0.15) is 17.2 Å². The Morgan fingerprint density at radius 1 is 0.591 bits per heavy atom. The lowest BCUT2D eigenvalue weighted by atomic mass is 9.99. The van der Waals surface area contributed by atoms with Gasteiger partial charge >= 0.3 is 17.9 Å². The Balaban J connectivity index is 1.26. The molecule has 0 saturated heterocycles. The number of benzene rings is 4. The van der Waals surface area contributed by atoms with Crippen molar-refractivity contribution in [2.75, 3.05) is 13.2 Å². The summed E-state index contributed by atoms with van der Waals surface area (Å²) in [7, 11) is 0. The summed E-state index contributed by atoms with van der Waals surface area (Å²) in [5.74, 6) is -1.78. The fourth-order valence-corrected chi connectivity index (χ4v) is 3.97. The molecular formula is C36H31FO7. The molecule has 0 aromatic heterocycles. The van der Waals surface area contributed by atoms with Crippen molar-refractivity contribution >= 4 is 17.9 Å². The first-order chi connectivity index (χ1) is 21.2. The van der Waals surface area contributed by atoms with Gasteiger partial charge in [-0.05, 0) is 90.6 Å². The van der Waals surface area contributed by atoms with Crippen LogP contribution in [-0.2, 0) is 14.3 Å². The van der Waals surface area contributed by atoms with Gasteiger partial charge in [0.2, 0.25) is 5.83 Å². The molecule has 4 aromatic rings. The summed E-state index contributed by atoms with van der Waals surface area (Å²) in [6.45, 7) is 8.56. The smallest absolute Gasteiger partial charge is 0.366 e. The van der Waals surface area contributed by atoms with Crippen LogP contribution in [0.3, 0.4) is 0 Å². The predicted molar refractivity (Wildman–Crippen MR) is 165 cm³/mol. The highest BCUT2D eigenvalue weighted by Gasteiger charge is 2.11. The van der Waals surface area contributed by atoms with Crippen LogP contribution in [0.4, 0.5) is 4.39 Å². The van der Waals surface area contributed by atoms with Crippen LogP contribution in [0.5, 0.6) is 17.2 Å². The van der Waals surface area contributed by atoms with Crippen LogP contribution in [0.1, 0.15) is 30.1 Å². The Hall–Kier alpha value is -5.50. The molecule has 4 aromatic carbocycles. The highest BCUT2D eigenvalue weighted by Crippen LogP contribution is 2.27. The zero-order valence-electron chi connectivity index (χ0n) is 24.2. The third-order valence-corrected chi connectivity index (χ3v) is 6.38. The molecule has 0 heterocycles. The average molecular weight is 595 g/mol. The minimum Gasteiger partial charge on any atom is -0.494 e. The molecule has 7 nitrogen and oxygen atoms in total. The monoisotopic (exact) mass is 594 g/mol. The molecule has 0 unspecified atom stereocenters. The molecule has 0 atom stereocenters. The standard InChI is InChI=1S/C36H31FO7/c1-24(2)34(38)43-32-18-20-33(21-19-32)44-36(40)30-12-10-28(11-13-30)26-6-8-27(9-7-26)29-14-16-31(17-15-29)41-22-4-5-23-42-35(39)25(3)37/h6-21H,1,3-5,22-23H2,2H3. The van der Waals surface area contributed by atoms with Crippen LogP contribution in [0.2, 0.25) is 0 Å². The van der Waals surface area contributed by atoms with E-state index in [-0.39, 0.29) is 12.2 Å². The van der Waals surface area contributed by atoms with Gasteiger partial charge < -0.3 is 18.9 Å². The molecule has 44 heavy (non-hydrogen) atoms. The van der Waals surface area contributed by atoms with Gasteiger partial charge in [0.25, 0.3) is 0 Å². The third-order valence-electron chi connectivity index (χ3n) is 6.38. The Morgan fingerprint density at radius 3 is 1.52 bits per heavy atom. The van der Waals surface area contributed by atoms with Crippen LogP contribution in [0, 0.1) is 0 Å². The van der Waals surface area contributed by atoms with Crippen molar-refractivity contribution in [2.24, 2.45) is 0 Å². The molecule has 0 fully saturated rings. The van der Waals surface area contributed by atoms with E-state index in [4.69, 9.17) is 18.9 Å². The first-order valence-electron chi connectivity index (χ1n) is 13.8. The zero-order valence-corrected chi connectivity index (χ0v) is 24.2. The Kier molecular flexibility index (Phi) is 10.8. The SMILES string of the molecule is C=C(C)C(=O)Oc1ccc(OC(=O)c2ccc(-c3ccc(-c4ccc(OCCCCOC(=O)C(=C)F)cc4)cc3)cc2)cc1. The van der Waals surface area contributed by atoms with Crippen molar-refractivity contribution < 1.29 is 37.7 Å². The number of rotatable bonds is 13. The first-order valence-corrected chi connectivity index (χ1v) is 13.8. The normalized spacial score (nSPS) is 10.4. The maximum atomic E-state index is 12.6. The lowest BCUT2D eigenvalue weighted by Gasteiger charge is -2.09. The van der Waals surface area contributed by atoms with Crippen LogP contribution >= 0.6 is 0 Å². The van der Waals surface area contributed by atoms with Gasteiger partial charge in [-0.25, -0.2) is 14.4 Å². The maximum Gasteiger partial charge on any atom is 0.366 e. The lowest BCUT2D eigenvalue weighted by molar-refractivity contribution is -0.140. The number of carbonyl (C=O) groups excluding carboxylic acids is 3. The van der Waals surface area contributed by atoms with Crippen molar-refractivity contribution in [3.63, 3.8) is 0 Å². The number of esters is 3. The molecule has 0 aliphatic rings. The van der Waals surface area contributed by atoms with E-state index in [1.54, 1.807) is 43.3 Å². The second-order valence-corrected chi connectivity index (χ2v) is 9.81. The quantitative estimate of drug-likeness (QED) is 0.0673. The van der Waals surface area contributed by atoms with Gasteiger partial charge in [-0.1, -0.05) is 61.7 Å². The second kappa shape index (κ2) is 15.1. The van der Waals surface area contributed by atoms with E-state index in [1.807, 2.05) is 60.7 Å². The van der Waals surface area contributed by atoms with Crippen molar-refractivity contribution in [3.8, 4) is 39.5 Å². The van der Waals surface area contributed by atoms with Crippen molar-refractivity contribution in [1.29, 1.82) is 0 Å². The van der Waals surface area contributed by atoms with E-state index in [0.29, 0.717) is 36.5 Å². The largest absolute Gasteiger partial charge is 0.494 e. The molecule has 0 aliphatic heterocycles. The molecule has 0 radical (unpaired) electrons. The second-order valence-electron chi connectivity index (χ2n) is 9.81. The first kappa shape index (κ1) is 31.4. The Bertz CT molecular complexity index is 1620. The van der Waals surface area contributed by atoms with Gasteiger partial charge in [-0.3, -0.25) is 0 Å². The average Bonchev–Trinajstić information content (AvgIpc) is 3.04. The number of carbonyl (C=O) groups is 3. The fourth-order valence-electron chi connectivity index (χ4n) is 3.97. The summed E-state index contributed by atoms with van der Waals surface area (Å²) in [6.07, 6.45) is 1.21. The molecule has 4 rings (SSSR count). The molecule has 0 amide bonds. The molecule has 0 spiro atoms. The summed E-state index contributed by atoms with van der Waals surface area (Å²) in [4.78, 5) is 35.3. The zero-order chi connectivity index (χ0) is 31.5. The van der Waals surface area contributed by atoms with Gasteiger partial charge in [0.05, 0.1) is 18.8 Å². The summed E-state index contributed by atoms with van der Waals surface area (Å²) in [6, 6.07) is 29.1. The fraction of sp³-hybridized carbons (Fsp3) is 0.139. The third kappa shape index (κ3) is 9.00. The number of unbranched alkanes of at least 4 members (excludes halogenated alkanes) is 1. The molecule has 224 valence electrons. The number of hydrogen-bond donors (Lipinski definition) is 0. The van der Waals surface area contributed by atoms with E-state index in [9.17, 15) is 18.8 Å². The van der Waals surface area contributed by atoms with E-state index in [2.05, 4.69) is 13.2 Å². The maximum absolute atomic E-state index is 12.6. The van der Waals surface area contributed by atoms with Crippen molar-refractivity contribution in [1.82, 2.24) is 0 Å². The van der Waals surface area contributed by atoms with E-state index < -0.39 is 23.7 Å². The van der Waals surface area contributed by atoms with Gasteiger partial charge in [-0.2, -0.15) is 4.39 Å². The minimum atomic E-state index is -1.10. The molecule has 0 saturated carbocycles. The van der Waals surface area contributed by atoms with E-state index in [0.717, 1.165) is 28.0 Å². The molecule has 0 aliphatic carbocycles. The highest BCUT2D eigenvalue weighted by atomic mass is 19.1. The Labute approximate surface area is 255 Å². The topological polar surface area (TPSA) is 88.1 Å². The summed E-state index contributed by atoms with van der Waals surface area (Å²) in [5.41, 5.74) is 4.70. The minimum absolute atomic E-state index is 0.116. The summed E-state index contributed by atoms with van der Waals surface area (Å²) in [5, 5.41) is 0. The molecule has 0 bridgehead atoms. The van der Waals surface area contributed by atoms with Crippen LogP contribution in [0.15, 0.2) is 122 Å². The summed E-state index contributed by atoms with van der Waals surface area (Å²) >= 11 is 0. The van der Waals surface area contributed by atoms with Gasteiger partial charge in [0, 0.05) is 5.57 Å². The Morgan fingerprint density at radius 2 is 1.02 bits per heavy atom. The van der Waals surface area contributed by atoms with Crippen LogP contribution < -0.4 is 14.2 Å². The number of hydrogen-bond acceptors (Lipinski definition) is 7. The highest BCUT2D eigenvalue weighted by molar-refractivity contribution is 5.92. The molecule has 0 N–H and O–H groups in total. The summed E-state index contributed by atoms with van der Waals surface area (Å²) < 4.78 is 33.6. The van der Waals surface area contributed by atoms with Crippen molar-refractivity contribution in [3.05, 3.63) is 127 Å². The van der Waals surface area contributed by atoms with Crippen molar-refractivity contribution in [2.45, 2.75) is 19.8 Å². The van der Waals surface area contributed by atoms with Crippen LogP contribution in [0.25, 0.3) is 22.3 Å². The predicted octanol–water partition coefficient (Wildman–Crippen LogP) is 7.91. The lowest BCUT2D eigenvalue weighted by Crippen LogP contribution is -2.09.